The Bertz CT molecular complexity index is 683. The van der Waals surface area contributed by atoms with Gasteiger partial charge >= 0.3 is 0 Å². The lowest BCUT2D eigenvalue weighted by molar-refractivity contribution is -0.116. The Morgan fingerprint density at radius 1 is 1.23 bits per heavy atom. The van der Waals surface area contributed by atoms with Crippen LogP contribution in [-0.4, -0.2) is 30.3 Å². The number of nitrogens with zero attached hydrogens (tertiary/aromatic N) is 1. The van der Waals surface area contributed by atoms with Gasteiger partial charge in [0.1, 0.15) is 25.0 Å². The molecule has 2 heterocycles. The highest BCUT2D eigenvalue weighted by Crippen LogP contribution is 2.32. The van der Waals surface area contributed by atoms with Crippen molar-refractivity contribution in [2.24, 2.45) is 0 Å². The van der Waals surface area contributed by atoms with Crippen LogP contribution in [-0.2, 0) is 4.79 Å². The summed E-state index contributed by atoms with van der Waals surface area (Å²) in [6.07, 6.45) is 0. The molecule has 2 aromatic rings. The number of hydrogen-bond donors (Lipinski definition) is 2. The molecule has 3 rings (SSSR count). The number of ether oxygens (including phenoxy) is 2. The number of hydrogen-bond acceptors (Lipinski definition) is 6. The predicted octanol–water partition coefficient (Wildman–Crippen LogP) is 2.19. The van der Waals surface area contributed by atoms with Gasteiger partial charge in [-0.2, -0.15) is 0 Å². The first kappa shape index (κ1) is 14.2. The molecule has 1 amide bonds. The number of aryl methyl sites for hydroxylation is 1. The van der Waals surface area contributed by atoms with Crippen LogP contribution in [0.1, 0.15) is 12.7 Å². The lowest BCUT2D eigenvalue weighted by Gasteiger charge is -2.20. The average molecular weight is 303 g/mol. The number of benzene rings is 1. The standard InChI is InChI=1S/C15H17N3O4/c1-9-7-14(18-22-9)17-15(19)10(2)16-11-3-4-12-13(8-11)21-6-5-20-12/h3-4,7-8,10,16H,5-6H2,1-2H3,(H,17,18,19)/t10-/m1/s1. The quantitative estimate of drug-likeness (QED) is 0.900. The van der Waals surface area contributed by atoms with Gasteiger partial charge in [-0.15, -0.1) is 0 Å². The van der Waals surface area contributed by atoms with E-state index in [9.17, 15) is 4.79 Å². The summed E-state index contributed by atoms with van der Waals surface area (Å²) in [6, 6.07) is 6.70. The molecule has 0 bridgehead atoms. The van der Waals surface area contributed by atoms with Crippen molar-refractivity contribution in [3.05, 3.63) is 30.0 Å². The van der Waals surface area contributed by atoms with Gasteiger partial charge in [0.25, 0.3) is 0 Å². The molecule has 7 heteroatoms. The fourth-order valence-electron chi connectivity index (χ4n) is 2.11. The molecule has 0 saturated heterocycles. The molecule has 1 aromatic carbocycles. The minimum Gasteiger partial charge on any atom is -0.486 e. The Kier molecular flexibility index (Phi) is 3.86. The largest absolute Gasteiger partial charge is 0.486 e. The van der Waals surface area contributed by atoms with Crippen LogP contribution < -0.4 is 20.1 Å². The van der Waals surface area contributed by atoms with E-state index in [1.54, 1.807) is 19.9 Å². The zero-order valence-corrected chi connectivity index (χ0v) is 12.4. The smallest absolute Gasteiger partial charge is 0.247 e. The van der Waals surface area contributed by atoms with Crippen LogP contribution in [0.2, 0.25) is 0 Å². The molecule has 0 saturated carbocycles. The van der Waals surface area contributed by atoms with Gasteiger partial charge in [0.2, 0.25) is 5.91 Å². The van der Waals surface area contributed by atoms with E-state index in [0.717, 1.165) is 5.69 Å². The van der Waals surface area contributed by atoms with Crippen molar-refractivity contribution in [3.8, 4) is 11.5 Å². The predicted molar refractivity (Wildman–Crippen MR) is 80.4 cm³/mol. The molecular formula is C15H17N3O4. The number of nitrogens with one attached hydrogen (secondary N) is 2. The first-order chi connectivity index (χ1) is 10.6. The highest BCUT2D eigenvalue weighted by Gasteiger charge is 2.17. The second-order valence-electron chi connectivity index (χ2n) is 5.04. The lowest BCUT2D eigenvalue weighted by Crippen LogP contribution is -2.32. The average Bonchev–Trinajstić information content (AvgIpc) is 2.92. The van der Waals surface area contributed by atoms with Gasteiger partial charge in [0.05, 0.1) is 0 Å². The summed E-state index contributed by atoms with van der Waals surface area (Å²) in [6.45, 7) is 4.60. The number of rotatable bonds is 4. The highest BCUT2D eigenvalue weighted by molar-refractivity contribution is 5.95. The number of fused-ring (bicyclic) bond motifs is 1. The van der Waals surface area contributed by atoms with Gasteiger partial charge in [-0.25, -0.2) is 0 Å². The van der Waals surface area contributed by atoms with E-state index in [1.165, 1.54) is 0 Å². The molecule has 22 heavy (non-hydrogen) atoms. The fraction of sp³-hybridized carbons (Fsp3) is 0.333. The third-order valence-electron chi connectivity index (χ3n) is 3.20. The molecule has 1 aliphatic heterocycles. The molecule has 0 spiro atoms. The normalized spacial score (nSPS) is 14.3. The molecule has 7 nitrogen and oxygen atoms in total. The van der Waals surface area contributed by atoms with Gasteiger partial charge in [-0.1, -0.05) is 5.16 Å². The SMILES string of the molecule is Cc1cc(NC(=O)[C@@H](C)Nc2ccc3c(c2)OCCO3)no1. The van der Waals surface area contributed by atoms with Crippen LogP contribution in [0.15, 0.2) is 28.8 Å². The Morgan fingerprint density at radius 3 is 2.73 bits per heavy atom. The maximum Gasteiger partial charge on any atom is 0.247 e. The summed E-state index contributed by atoms with van der Waals surface area (Å²) in [5.41, 5.74) is 0.781. The van der Waals surface area contributed by atoms with Crippen LogP contribution in [0.3, 0.4) is 0 Å². The van der Waals surface area contributed by atoms with Crippen molar-refractivity contribution in [1.29, 1.82) is 0 Å². The van der Waals surface area contributed by atoms with E-state index in [4.69, 9.17) is 14.0 Å². The summed E-state index contributed by atoms with van der Waals surface area (Å²) < 4.78 is 15.9. The van der Waals surface area contributed by atoms with Crippen LogP contribution >= 0.6 is 0 Å². The Morgan fingerprint density at radius 2 is 2.00 bits per heavy atom. The molecule has 0 radical (unpaired) electrons. The van der Waals surface area contributed by atoms with Crippen LogP contribution in [0.25, 0.3) is 0 Å². The fourth-order valence-corrected chi connectivity index (χ4v) is 2.11. The topological polar surface area (TPSA) is 85.6 Å². The van der Waals surface area contributed by atoms with Crippen LogP contribution in [0.5, 0.6) is 11.5 Å². The number of aromatic nitrogens is 1. The van der Waals surface area contributed by atoms with Gasteiger partial charge in [0, 0.05) is 17.8 Å². The minimum atomic E-state index is -0.445. The first-order valence-electron chi connectivity index (χ1n) is 7.02. The molecule has 2 N–H and O–H groups in total. The second-order valence-corrected chi connectivity index (χ2v) is 5.04. The summed E-state index contributed by atoms with van der Waals surface area (Å²) in [7, 11) is 0. The van der Waals surface area contributed by atoms with Crippen LogP contribution in [0.4, 0.5) is 11.5 Å². The van der Waals surface area contributed by atoms with Gasteiger partial charge in [-0.3, -0.25) is 4.79 Å². The van der Waals surface area contributed by atoms with Gasteiger partial charge in [0.15, 0.2) is 17.3 Å². The van der Waals surface area contributed by atoms with Crippen molar-refractivity contribution < 1.29 is 18.8 Å². The molecule has 0 aliphatic carbocycles. The van der Waals surface area contributed by atoms with Crippen molar-refractivity contribution >= 4 is 17.4 Å². The van der Waals surface area contributed by atoms with E-state index in [0.29, 0.717) is 36.3 Å². The van der Waals surface area contributed by atoms with Crippen molar-refractivity contribution in [3.63, 3.8) is 0 Å². The Hall–Kier alpha value is -2.70. The second kappa shape index (κ2) is 5.97. The lowest BCUT2D eigenvalue weighted by atomic mass is 10.2. The van der Waals surface area contributed by atoms with E-state index in [-0.39, 0.29) is 5.91 Å². The molecule has 0 unspecified atom stereocenters. The number of amides is 1. The highest BCUT2D eigenvalue weighted by atomic mass is 16.6. The van der Waals surface area contributed by atoms with E-state index in [2.05, 4.69) is 15.8 Å². The summed E-state index contributed by atoms with van der Waals surface area (Å²) >= 11 is 0. The first-order valence-corrected chi connectivity index (χ1v) is 7.02. The van der Waals surface area contributed by atoms with Crippen molar-refractivity contribution in [2.75, 3.05) is 23.8 Å². The van der Waals surface area contributed by atoms with Gasteiger partial charge in [-0.05, 0) is 26.0 Å². The maximum atomic E-state index is 12.1. The third kappa shape index (κ3) is 3.13. The Balaban J connectivity index is 1.63. The zero-order valence-electron chi connectivity index (χ0n) is 12.4. The molecule has 1 atom stereocenters. The number of anilines is 2. The maximum absolute atomic E-state index is 12.1. The molecular weight excluding hydrogens is 286 g/mol. The van der Waals surface area contributed by atoms with Gasteiger partial charge < -0.3 is 24.6 Å². The zero-order chi connectivity index (χ0) is 15.5. The molecule has 1 aliphatic rings. The summed E-state index contributed by atoms with van der Waals surface area (Å²) in [5, 5.41) is 9.53. The minimum absolute atomic E-state index is 0.205. The molecule has 0 fully saturated rings. The van der Waals surface area contributed by atoms with Crippen molar-refractivity contribution in [2.45, 2.75) is 19.9 Å². The van der Waals surface area contributed by atoms with Crippen molar-refractivity contribution in [1.82, 2.24) is 5.16 Å². The van der Waals surface area contributed by atoms with E-state index < -0.39 is 6.04 Å². The molecule has 116 valence electrons. The third-order valence-corrected chi connectivity index (χ3v) is 3.20. The number of carbonyl (C=O) groups excluding carboxylic acids is 1. The van der Waals surface area contributed by atoms with Crippen LogP contribution in [0, 0.1) is 6.92 Å². The van der Waals surface area contributed by atoms with E-state index >= 15 is 0 Å². The van der Waals surface area contributed by atoms with E-state index in [1.807, 2.05) is 18.2 Å². The summed E-state index contributed by atoms with van der Waals surface area (Å²) in [4.78, 5) is 12.1. The number of carbonyl (C=O) groups is 1. The Labute approximate surface area is 127 Å². The monoisotopic (exact) mass is 303 g/mol. The molecule has 1 aromatic heterocycles. The summed E-state index contributed by atoms with van der Waals surface area (Å²) in [5.74, 6) is 2.23.